The molecule has 0 aromatic carbocycles. The number of carbonyl (C=O) groups is 3. The monoisotopic (exact) mass is 1080 g/mol. The molecule has 18 atom stereocenters. The lowest BCUT2D eigenvalue weighted by Gasteiger charge is -2.50. The van der Waals surface area contributed by atoms with Gasteiger partial charge in [0.15, 0.2) is 24.2 Å². The first kappa shape index (κ1) is 63.1. The summed E-state index contributed by atoms with van der Waals surface area (Å²) in [6.45, 7) is 20.7. The van der Waals surface area contributed by atoms with Gasteiger partial charge in [-0.1, -0.05) is 27.7 Å². The van der Waals surface area contributed by atoms with Crippen molar-refractivity contribution in [2.24, 2.45) is 23.7 Å². The number of anilines is 1. The molecule has 76 heavy (non-hydrogen) atoms. The van der Waals surface area contributed by atoms with Crippen LogP contribution in [-0.2, 0) is 54.0 Å². The van der Waals surface area contributed by atoms with E-state index in [1.165, 1.54) is 24.8 Å². The number of carboxylic acid groups (broad SMARTS) is 1. The summed E-state index contributed by atoms with van der Waals surface area (Å²) in [7, 11) is 8.68. The van der Waals surface area contributed by atoms with Crippen LogP contribution in [0, 0.1) is 29.5 Å². The number of nitrogens with one attached hydrogen (secondary N) is 1. The number of rotatable bonds is 18. The molecule has 0 aliphatic carbocycles. The number of hydrogen-bond donors (Lipinski definition) is 5. The minimum absolute atomic E-state index is 0.0693. The Hall–Kier alpha value is -3.78. The van der Waals surface area contributed by atoms with Crippen molar-refractivity contribution in [2.45, 2.75) is 193 Å². The fourth-order valence-electron chi connectivity index (χ4n) is 11.5. The van der Waals surface area contributed by atoms with E-state index in [2.05, 4.69) is 10.3 Å². The van der Waals surface area contributed by atoms with E-state index in [4.69, 9.17) is 37.9 Å². The van der Waals surface area contributed by atoms with Crippen LogP contribution in [0.1, 0.15) is 112 Å². The standard InChI is InChI=1S/C54H88FN5O16/c1-17-38-54(11,68)44(64)30(5)40(61)28(3)25-52(9,69-15)45(76-51-42(63)37(58(12)13)23-29(4)72-51)31(6)43(32(7)50(67)74-38)75-39-26-53(10,70-16)46(33(8)73-39)71-22-21-59(14)20-19-56-47-36(55)24-34-41(62)35(49(65)66)27-60(18-2)48(34)57-47/h24,27-33,37-39,42-46,51,63-64,68H,17-23,25-26H2,1-16H3,(H,56,57)(H,65,66)/t28-,29-,30+,31+,32+,33-,37+,38-,39+,42+,43+,44-,45-,46+,51+,52+,53-,54-/m0/s1. The Morgan fingerprint density at radius 1 is 0.934 bits per heavy atom. The number of Topliss-reactive ketones (excluding diaryl/α,β-unsaturated/α-hetero) is 1. The highest BCUT2D eigenvalue weighted by atomic mass is 19.1. The van der Waals surface area contributed by atoms with Crippen molar-refractivity contribution in [1.29, 1.82) is 0 Å². The van der Waals surface area contributed by atoms with Gasteiger partial charge < -0.3 is 78.0 Å². The highest BCUT2D eigenvalue weighted by Gasteiger charge is 2.54. The van der Waals surface area contributed by atoms with Crippen LogP contribution in [0.5, 0.6) is 0 Å². The number of ether oxygens (including phenoxy) is 8. The molecule has 2 aromatic heterocycles. The normalized spacial score (nSPS) is 37.3. The van der Waals surface area contributed by atoms with Gasteiger partial charge in [0.05, 0.1) is 59.6 Å². The fourth-order valence-corrected chi connectivity index (χ4v) is 11.5. The van der Waals surface area contributed by atoms with Crippen molar-refractivity contribution < 1.29 is 77.1 Å². The number of cyclic esters (lactones) is 1. The smallest absolute Gasteiger partial charge is 0.341 e. The third kappa shape index (κ3) is 13.8. The van der Waals surface area contributed by atoms with Crippen molar-refractivity contribution in [1.82, 2.24) is 19.4 Å². The van der Waals surface area contributed by atoms with Crippen LogP contribution in [0.15, 0.2) is 17.1 Å². The van der Waals surface area contributed by atoms with Gasteiger partial charge in [0, 0.05) is 76.8 Å². The number of carboxylic acids is 1. The van der Waals surface area contributed by atoms with Crippen molar-refractivity contribution in [3.05, 3.63) is 33.9 Å². The Balaban J connectivity index is 1.38. The van der Waals surface area contributed by atoms with Crippen LogP contribution in [0.2, 0.25) is 0 Å². The third-order valence-corrected chi connectivity index (χ3v) is 16.4. The Labute approximate surface area is 446 Å². The lowest BCUT2D eigenvalue weighted by atomic mass is 9.74. The molecule has 3 saturated heterocycles. The predicted octanol–water partition coefficient (Wildman–Crippen LogP) is 4.08. The highest BCUT2D eigenvalue weighted by molar-refractivity contribution is 5.92. The van der Waals surface area contributed by atoms with Gasteiger partial charge in [0.1, 0.15) is 40.9 Å². The predicted molar refractivity (Wildman–Crippen MR) is 279 cm³/mol. The average molecular weight is 1080 g/mol. The lowest BCUT2D eigenvalue weighted by molar-refractivity contribution is -0.322. The summed E-state index contributed by atoms with van der Waals surface area (Å²) in [6, 6.07) is 0.677. The molecule has 5 rings (SSSR count). The SMILES string of the molecule is CC[C@@H]1OC(=O)[C@H](C)[C@H](O[C@@H]2C[C@](C)(OC)[C@H](OCCN(C)CCNc3nc4c(cc3F)c(=O)c(C(=O)O)cn4CC)[C@H](C)O2)[C@@H](C)[C@H](O[C@H]2O[C@@H](C)C[C@@H](N(C)C)[C@H]2O)[C@](C)(OC)C[C@H](C)C(=O)[C@@H](C)[C@H](O)[C@@]1(C)O. The number of aliphatic hydroxyl groups excluding tert-OH is 2. The van der Waals surface area contributed by atoms with Crippen molar-refractivity contribution in [2.75, 3.05) is 66.9 Å². The molecule has 432 valence electrons. The van der Waals surface area contributed by atoms with E-state index in [0.29, 0.717) is 26.1 Å². The zero-order chi connectivity index (χ0) is 56.9. The molecule has 22 heteroatoms. The molecule has 0 saturated carbocycles. The molecule has 5 heterocycles. The first-order valence-electron chi connectivity index (χ1n) is 26.7. The number of halogens is 1. The molecule has 3 fully saturated rings. The quantitative estimate of drug-likeness (QED) is 0.132. The van der Waals surface area contributed by atoms with Crippen LogP contribution >= 0.6 is 0 Å². The summed E-state index contributed by atoms with van der Waals surface area (Å²) in [5.41, 5.74) is -5.45. The molecule has 0 radical (unpaired) electrons. The van der Waals surface area contributed by atoms with Gasteiger partial charge in [-0.2, -0.15) is 0 Å². The van der Waals surface area contributed by atoms with Crippen molar-refractivity contribution in [3.63, 3.8) is 0 Å². The third-order valence-electron chi connectivity index (χ3n) is 16.4. The number of nitrogens with zero attached hydrogens (tertiary/aromatic N) is 4. The lowest BCUT2D eigenvalue weighted by Crippen LogP contribution is -2.61. The van der Waals surface area contributed by atoms with Crippen LogP contribution < -0.4 is 10.7 Å². The topological polar surface area (TPSA) is 259 Å². The minimum atomic E-state index is -2.02. The van der Waals surface area contributed by atoms with Crippen LogP contribution in [0.4, 0.5) is 10.2 Å². The first-order chi connectivity index (χ1) is 35.5. The van der Waals surface area contributed by atoms with Crippen LogP contribution in [-0.4, -0.2) is 203 Å². The summed E-state index contributed by atoms with van der Waals surface area (Å²) < 4.78 is 68.7. The Morgan fingerprint density at radius 3 is 2.17 bits per heavy atom. The average Bonchev–Trinajstić information content (AvgIpc) is 3.36. The number of hydrogen-bond acceptors (Lipinski definition) is 19. The second kappa shape index (κ2) is 26.0. The zero-order valence-corrected chi connectivity index (χ0v) is 47.5. The molecule has 0 spiro atoms. The molecule has 3 aliphatic heterocycles. The zero-order valence-electron chi connectivity index (χ0n) is 47.5. The molecular formula is C54H88FN5O16. The maximum atomic E-state index is 15.2. The molecule has 21 nitrogen and oxygen atoms in total. The maximum Gasteiger partial charge on any atom is 0.341 e. The van der Waals surface area contributed by atoms with Gasteiger partial charge in [0.2, 0.25) is 5.43 Å². The summed E-state index contributed by atoms with van der Waals surface area (Å²) in [4.78, 5) is 61.5. The van der Waals surface area contributed by atoms with Crippen molar-refractivity contribution in [3.8, 4) is 0 Å². The molecular weight excluding hydrogens is 994 g/mol. The Bertz CT molecular complexity index is 2360. The number of pyridine rings is 2. The maximum absolute atomic E-state index is 15.2. The van der Waals surface area contributed by atoms with E-state index in [1.807, 2.05) is 58.6 Å². The number of aromatic carboxylic acids is 1. The Morgan fingerprint density at radius 2 is 1.58 bits per heavy atom. The van der Waals surface area contributed by atoms with E-state index in [9.17, 15) is 39.6 Å². The Kier molecular flexibility index (Phi) is 21.6. The largest absolute Gasteiger partial charge is 0.477 e. The molecule has 0 bridgehead atoms. The minimum Gasteiger partial charge on any atom is -0.477 e. The van der Waals surface area contributed by atoms with E-state index in [1.54, 1.807) is 48.7 Å². The number of likely N-dealkylation sites (N-methyl/N-ethyl adjacent to an activating group) is 2. The second-order valence-corrected chi connectivity index (χ2v) is 22.4. The molecule has 0 unspecified atom stereocenters. The first-order valence-corrected chi connectivity index (χ1v) is 26.7. The van der Waals surface area contributed by atoms with Crippen LogP contribution in [0.3, 0.4) is 0 Å². The summed E-state index contributed by atoms with van der Waals surface area (Å²) >= 11 is 0. The second-order valence-electron chi connectivity index (χ2n) is 22.4. The van der Waals surface area contributed by atoms with Gasteiger partial charge in [-0.05, 0) is 94.9 Å². The number of aliphatic hydroxyl groups is 3. The summed E-state index contributed by atoms with van der Waals surface area (Å²) in [6.07, 6.45) is -7.66. The number of aryl methyl sites for hydroxylation is 1. The molecule has 2 aromatic rings. The number of carbonyl (C=O) groups excluding carboxylic acids is 2. The van der Waals surface area contributed by atoms with Crippen molar-refractivity contribution >= 4 is 34.6 Å². The molecule has 5 N–H and O–H groups in total. The van der Waals surface area contributed by atoms with Gasteiger partial charge >= 0.3 is 11.9 Å². The number of esters is 1. The number of fused-ring (bicyclic) bond motifs is 1. The van der Waals surface area contributed by atoms with Gasteiger partial charge in [-0.15, -0.1) is 0 Å². The van der Waals surface area contributed by atoms with Gasteiger partial charge in [0.25, 0.3) is 0 Å². The number of aromatic nitrogens is 2. The highest BCUT2D eigenvalue weighted by Crippen LogP contribution is 2.42. The summed E-state index contributed by atoms with van der Waals surface area (Å²) in [5.74, 6) is -7.02. The number of ketones is 1. The molecule has 0 amide bonds. The van der Waals surface area contributed by atoms with Gasteiger partial charge in [-0.25, -0.2) is 14.2 Å². The van der Waals surface area contributed by atoms with Gasteiger partial charge in [-0.3, -0.25) is 14.4 Å². The molecule has 3 aliphatic rings. The summed E-state index contributed by atoms with van der Waals surface area (Å²) in [5, 5.41) is 47.6. The fraction of sp³-hybridized carbons (Fsp3) is 0.796. The van der Waals surface area contributed by atoms with E-state index in [0.717, 1.165) is 6.07 Å². The van der Waals surface area contributed by atoms with E-state index in [-0.39, 0.29) is 67.2 Å². The van der Waals surface area contributed by atoms with E-state index < -0.39 is 125 Å². The van der Waals surface area contributed by atoms with Crippen LogP contribution in [0.25, 0.3) is 11.0 Å². The van der Waals surface area contributed by atoms with E-state index >= 15 is 4.39 Å². The number of methoxy groups -OCH3 is 2.